The lowest BCUT2D eigenvalue weighted by atomic mass is 10.1. The lowest BCUT2D eigenvalue weighted by molar-refractivity contribution is -0.691. The first-order chi connectivity index (χ1) is 8.72. The Balaban J connectivity index is 0.00000180. The molecule has 0 amide bonds. The van der Waals surface area contributed by atoms with Crippen LogP contribution in [-0.2, 0) is 6.54 Å². The molecule has 0 aliphatic carbocycles. The topological polar surface area (TPSA) is 20.9 Å². The van der Waals surface area contributed by atoms with Crippen LogP contribution < -0.4 is 21.5 Å². The van der Waals surface area contributed by atoms with E-state index in [0.717, 1.165) is 11.4 Å². The predicted molar refractivity (Wildman–Crippen MR) is 70.1 cm³/mol. The molecule has 3 heteroatoms. The van der Waals surface area contributed by atoms with Crippen molar-refractivity contribution in [2.75, 3.05) is 0 Å². The van der Waals surface area contributed by atoms with Crippen LogP contribution in [0.15, 0.2) is 48.5 Å². The van der Waals surface area contributed by atoms with E-state index in [4.69, 9.17) is 6.42 Å². The van der Waals surface area contributed by atoms with Gasteiger partial charge in [-0.1, -0.05) is 30.3 Å². The largest absolute Gasteiger partial charge is 1.00 e. The monoisotopic (exact) mass is 315 g/mol. The first kappa shape index (κ1) is 15.1. The quantitative estimate of drug-likeness (QED) is 0.411. The molecule has 0 saturated carbocycles. The summed E-state index contributed by atoms with van der Waals surface area (Å²) in [4.78, 5) is 12.1. The highest BCUT2D eigenvalue weighted by Gasteiger charge is 2.17. The minimum absolute atomic E-state index is 0. The number of nitrogens with zero attached hydrogens (tertiary/aromatic N) is 1. The number of carbonyl (C=O) groups is 1. The van der Waals surface area contributed by atoms with Gasteiger partial charge in [0.2, 0.25) is 12.3 Å². The van der Waals surface area contributed by atoms with Crippen LogP contribution in [0.1, 0.15) is 21.7 Å². The standard InChI is InChI=1S/C16H14NO.BrH/c1-3-15-11-7-8-13(2)17(15)12-16(18)14-9-5-4-6-10-14;/h1,4-11H,12H2,2H3;1H/q+1;/p-1. The van der Waals surface area contributed by atoms with E-state index in [0.29, 0.717) is 5.56 Å². The number of aromatic nitrogens is 1. The summed E-state index contributed by atoms with van der Waals surface area (Å²) in [6.07, 6.45) is 5.45. The number of aryl methyl sites for hydroxylation is 1. The number of benzene rings is 1. The van der Waals surface area contributed by atoms with Crippen molar-refractivity contribution in [3.05, 3.63) is 65.5 Å². The zero-order valence-corrected chi connectivity index (χ0v) is 12.2. The average molecular weight is 316 g/mol. The zero-order chi connectivity index (χ0) is 13.0. The van der Waals surface area contributed by atoms with Crippen LogP contribution in [0.3, 0.4) is 0 Å². The number of hydrogen-bond acceptors (Lipinski definition) is 1. The van der Waals surface area contributed by atoms with Crippen LogP contribution in [-0.4, -0.2) is 5.78 Å². The second-order valence-electron chi connectivity index (χ2n) is 4.07. The van der Waals surface area contributed by atoms with Gasteiger partial charge in [0.05, 0.1) is 0 Å². The van der Waals surface area contributed by atoms with Crippen LogP contribution in [0.25, 0.3) is 0 Å². The first-order valence-corrected chi connectivity index (χ1v) is 5.76. The molecule has 0 N–H and O–H groups in total. The summed E-state index contributed by atoms with van der Waals surface area (Å²) in [5, 5.41) is 0. The van der Waals surface area contributed by atoms with Crippen molar-refractivity contribution in [3.63, 3.8) is 0 Å². The second kappa shape index (κ2) is 6.86. The van der Waals surface area contributed by atoms with Gasteiger partial charge >= 0.3 is 0 Å². The number of carbonyl (C=O) groups excluding carboxylic acids is 1. The summed E-state index contributed by atoms with van der Waals surface area (Å²) in [5.41, 5.74) is 2.41. The fraction of sp³-hybridized carbons (Fsp3) is 0.125. The number of rotatable bonds is 3. The minimum atomic E-state index is 0. The Kier molecular flexibility index (Phi) is 5.47. The molecule has 0 aliphatic heterocycles. The molecule has 2 rings (SSSR count). The third-order valence-electron chi connectivity index (χ3n) is 2.85. The number of terminal acetylenes is 1. The van der Waals surface area contributed by atoms with E-state index in [1.165, 1.54) is 0 Å². The molecule has 0 saturated heterocycles. The van der Waals surface area contributed by atoms with Crippen molar-refractivity contribution < 1.29 is 26.3 Å². The summed E-state index contributed by atoms with van der Waals surface area (Å²) in [6, 6.07) is 14.9. The Bertz CT molecular complexity index is 614. The molecule has 1 heterocycles. The predicted octanol–water partition coefficient (Wildman–Crippen LogP) is -0.849. The van der Waals surface area contributed by atoms with E-state index in [1.807, 2.05) is 60.0 Å². The minimum Gasteiger partial charge on any atom is -1.00 e. The maximum absolute atomic E-state index is 12.1. The van der Waals surface area contributed by atoms with E-state index >= 15 is 0 Å². The number of Topliss-reactive ketones (excluding diaryl/α,β-unsaturated/α-hetero) is 1. The highest BCUT2D eigenvalue weighted by molar-refractivity contribution is 5.94. The molecule has 1 aromatic heterocycles. The molecule has 0 aliphatic rings. The van der Waals surface area contributed by atoms with E-state index in [1.54, 1.807) is 0 Å². The molecule has 0 radical (unpaired) electrons. The maximum atomic E-state index is 12.1. The van der Waals surface area contributed by atoms with Gasteiger partial charge in [0.15, 0.2) is 5.69 Å². The Hall–Kier alpha value is -1.92. The molecule has 2 aromatic rings. The number of halogens is 1. The van der Waals surface area contributed by atoms with E-state index in [2.05, 4.69) is 5.92 Å². The smallest absolute Gasteiger partial charge is 0.257 e. The van der Waals surface area contributed by atoms with Crippen molar-refractivity contribution in [1.29, 1.82) is 0 Å². The normalized spacial score (nSPS) is 9.26. The summed E-state index contributed by atoms with van der Waals surface area (Å²) >= 11 is 0. The van der Waals surface area contributed by atoms with Gasteiger partial charge in [-0.3, -0.25) is 4.79 Å². The van der Waals surface area contributed by atoms with Crippen molar-refractivity contribution in [2.45, 2.75) is 13.5 Å². The van der Waals surface area contributed by atoms with Crippen molar-refractivity contribution in [2.24, 2.45) is 0 Å². The molecular formula is C16H14BrNO. The van der Waals surface area contributed by atoms with Gasteiger partial charge in [0, 0.05) is 24.6 Å². The van der Waals surface area contributed by atoms with Crippen LogP contribution in [0, 0.1) is 19.3 Å². The van der Waals surface area contributed by atoms with Gasteiger partial charge in [0.25, 0.3) is 5.69 Å². The van der Waals surface area contributed by atoms with Gasteiger partial charge in [-0.2, -0.15) is 4.57 Å². The molecule has 0 fully saturated rings. The van der Waals surface area contributed by atoms with Crippen LogP contribution in [0.2, 0.25) is 0 Å². The number of hydrogen-bond donors (Lipinski definition) is 0. The summed E-state index contributed by atoms with van der Waals surface area (Å²) < 4.78 is 1.86. The summed E-state index contributed by atoms with van der Waals surface area (Å²) in [7, 11) is 0. The van der Waals surface area contributed by atoms with E-state index < -0.39 is 0 Å². The van der Waals surface area contributed by atoms with Crippen molar-refractivity contribution >= 4 is 5.78 Å². The van der Waals surface area contributed by atoms with Gasteiger partial charge in [-0.25, -0.2) is 0 Å². The highest BCUT2D eigenvalue weighted by Crippen LogP contribution is 2.02. The molecule has 2 nitrogen and oxygen atoms in total. The van der Waals surface area contributed by atoms with E-state index in [9.17, 15) is 4.79 Å². The molecule has 19 heavy (non-hydrogen) atoms. The van der Waals surface area contributed by atoms with Crippen LogP contribution in [0.4, 0.5) is 0 Å². The molecule has 0 atom stereocenters. The Labute approximate surface area is 123 Å². The third-order valence-corrected chi connectivity index (χ3v) is 2.85. The fourth-order valence-electron chi connectivity index (χ4n) is 1.84. The Morgan fingerprint density at radius 3 is 2.47 bits per heavy atom. The van der Waals surface area contributed by atoms with Crippen LogP contribution in [0.5, 0.6) is 0 Å². The molecular weight excluding hydrogens is 302 g/mol. The fourth-order valence-corrected chi connectivity index (χ4v) is 1.84. The number of ketones is 1. The van der Waals surface area contributed by atoms with Crippen LogP contribution >= 0.6 is 0 Å². The summed E-state index contributed by atoms with van der Waals surface area (Å²) in [6.45, 7) is 2.22. The lowest BCUT2D eigenvalue weighted by Crippen LogP contribution is -3.00. The molecule has 0 bridgehead atoms. The maximum Gasteiger partial charge on any atom is 0.257 e. The van der Waals surface area contributed by atoms with Gasteiger partial charge in [0.1, 0.15) is 0 Å². The second-order valence-corrected chi connectivity index (χ2v) is 4.07. The molecule has 1 aromatic carbocycles. The van der Waals surface area contributed by atoms with Crippen molar-refractivity contribution in [3.8, 4) is 12.3 Å². The van der Waals surface area contributed by atoms with Gasteiger partial charge < -0.3 is 17.0 Å². The highest BCUT2D eigenvalue weighted by atomic mass is 79.9. The van der Waals surface area contributed by atoms with Gasteiger partial charge in [-0.05, 0) is 12.0 Å². The van der Waals surface area contributed by atoms with Crippen molar-refractivity contribution in [1.82, 2.24) is 0 Å². The molecule has 96 valence electrons. The Morgan fingerprint density at radius 1 is 1.16 bits per heavy atom. The lowest BCUT2D eigenvalue weighted by Gasteiger charge is -2.02. The molecule has 0 unspecified atom stereocenters. The summed E-state index contributed by atoms with van der Waals surface area (Å²) in [5.74, 6) is 2.67. The average Bonchev–Trinajstić information content (AvgIpc) is 2.42. The Morgan fingerprint density at radius 2 is 1.84 bits per heavy atom. The number of pyridine rings is 1. The molecule has 0 spiro atoms. The third kappa shape index (κ3) is 3.52. The first-order valence-electron chi connectivity index (χ1n) is 5.76. The zero-order valence-electron chi connectivity index (χ0n) is 10.6. The van der Waals surface area contributed by atoms with E-state index in [-0.39, 0.29) is 29.3 Å². The van der Waals surface area contributed by atoms with Gasteiger partial charge in [-0.15, -0.1) is 6.42 Å². The SMILES string of the molecule is C#Cc1cccc(C)[n+]1CC(=O)c1ccccc1.[Br-].